The van der Waals surface area contributed by atoms with Crippen LogP contribution in [0, 0.1) is 6.92 Å². The van der Waals surface area contributed by atoms with Crippen LogP contribution in [0.5, 0.6) is 5.75 Å². The Morgan fingerprint density at radius 2 is 1.96 bits per heavy atom. The third-order valence-electron chi connectivity index (χ3n) is 3.01. The molecule has 0 aliphatic carbocycles. The SMILES string of the molecule is CCNC(=NCc1ccc(C)cc1OC)NCC(=O)OC(C)(C)C. The van der Waals surface area contributed by atoms with Crippen LogP contribution in [0.15, 0.2) is 23.2 Å². The van der Waals surface area contributed by atoms with E-state index < -0.39 is 5.60 Å². The lowest BCUT2D eigenvalue weighted by Gasteiger charge is -2.20. The second kappa shape index (κ2) is 9.15. The maximum atomic E-state index is 11.8. The smallest absolute Gasteiger partial charge is 0.325 e. The summed E-state index contributed by atoms with van der Waals surface area (Å²) in [5, 5.41) is 6.10. The van der Waals surface area contributed by atoms with Crippen LogP contribution in [0.25, 0.3) is 0 Å². The van der Waals surface area contributed by atoms with Gasteiger partial charge in [0, 0.05) is 12.1 Å². The molecule has 2 N–H and O–H groups in total. The van der Waals surface area contributed by atoms with E-state index in [0.29, 0.717) is 19.0 Å². The average molecular weight is 335 g/mol. The summed E-state index contributed by atoms with van der Waals surface area (Å²) in [6.45, 7) is 10.7. The molecule has 0 unspecified atom stereocenters. The second-order valence-corrected chi connectivity index (χ2v) is 6.45. The van der Waals surface area contributed by atoms with Crippen LogP contribution in [0.4, 0.5) is 0 Å². The third kappa shape index (κ3) is 7.35. The number of aryl methyl sites for hydroxylation is 1. The molecule has 0 spiro atoms. The van der Waals surface area contributed by atoms with Gasteiger partial charge in [0.15, 0.2) is 5.96 Å². The summed E-state index contributed by atoms with van der Waals surface area (Å²) < 4.78 is 10.7. The van der Waals surface area contributed by atoms with Crippen molar-refractivity contribution in [3.63, 3.8) is 0 Å². The molecule has 0 atom stereocenters. The van der Waals surface area contributed by atoms with Gasteiger partial charge >= 0.3 is 5.97 Å². The highest BCUT2D eigenvalue weighted by Gasteiger charge is 2.16. The van der Waals surface area contributed by atoms with Crippen LogP contribution in [-0.4, -0.2) is 37.7 Å². The van der Waals surface area contributed by atoms with Gasteiger partial charge in [0.1, 0.15) is 17.9 Å². The van der Waals surface area contributed by atoms with Crippen molar-refractivity contribution in [2.45, 2.75) is 46.8 Å². The molecule has 134 valence electrons. The Bertz CT molecular complexity index is 577. The predicted octanol–water partition coefficient (Wildman–Crippen LogP) is 2.40. The van der Waals surface area contributed by atoms with Crippen LogP contribution in [0.3, 0.4) is 0 Å². The summed E-state index contributed by atoms with van der Waals surface area (Å²) in [6, 6.07) is 6.00. The molecule has 0 aliphatic rings. The van der Waals surface area contributed by atoms with Crippen LogP contribution < -0.4 is 15.4 Å². The molecule has 1 aromatic rings. The summed E-state index contributed by atoms with van der Waals surface area (Å²) in [4.78, 5) is 16.3. The van der Waals surface area contributed by atoms with Gasteiger partial charge in [-0.25, -0.2) is 4.99 Å². The van der Waals surface area contributed by atoms with E-state index in [1.54, 1.807) is 7.11 Å². The van der Waals surface area contributed by atoms with Gasteiger partial charge in [-0.15, -0.1) is 0 Å². The summed E-state index contributed by atoms with van der Waals surface area (Å²) in [7, 11) is 1.65. The fraction of sp³-hybridized carbons (Fsp3) is 0.556. The average Bonchev–Trinajstić information content (AvgIpc) is 2.49. The van der Waals surface area contributed by atoms with E-state index >= 15 is 0 Å². The molecular weight excluding hydrogens is 306 g/mol. The highest BCUT2D eigenvalue weighted by atomic mass is 16.6. The van der Waals surface area contributed by atoms with Crippen LogP contribution in [0.1, 0.15) is 38.8 Å². The molecular formula is C18H29N3O3. The largest absolute Gasteiger partial charge is 0.496 e. The maximum Gasteiger partial charge on any atom is 0.325 e. The van der Waals surface area contributed by atoms with E-state index in [1.807, 2.05) is 52.8 Å². The number of methoxy groups -OCH3 is 1. The minimum Gasteiger partial charge on any atom is -0.496 e. The highest BCUT2D eigenvalue weighted by Crippen LogP contribution is 2.20. The minimum absolute atomic E-state index is 0.0636. The van der Waals surface area contributed by atoms with E-state index in [1.165, 1.54) is 0 Å². The molecule has 6 heteroatoms. The van der Waals surface area contributed by atoms with Gasteiger partial charge in [-0.1, -0.05) is 12.1 Å². The molecule has 0 aromatic heterocycles. The quantitative estimate of drug-likeness (QED) is 0.474. The number of guanidine groups is 1. The summed E-state index contributed by atoms with van der Waals surface area (Å²) in [5.41, 5.74) is 1.62. The first-order chi connectivity index (χ1) is 11.2. The lowest BCUT2D eigenvalue weighted by Crippen LogP contribution is -2.41. The Morgan fingerprint density at radius 1 is 1.25 bits per heavy atom. The molecule has 1 aromatic carbocycles. The number of ether oxygens (including phenoxy) is 2. The topological polar surface area (TPSA) is 72.0 Å². The molecule has 24 heavy (non-hydrogen) atoms. The number of aliphatic imine (C=N–C) groups is 1. The van der Waals surface area contributed by atoms with Crippen molar-refractivity contribution < 1.29 is 14.3 Å². The molecule has 0 heterocycles. The molecule has 0 fully saturated rings. The molecule has 1 rings (SSSR count). The fourth-order valence-corrected chi connectivity index (χ4v) is 2.02. The number of hydrogen-bond donors (Lipinski definition) is 2. The standard InChI is InChI=1S/C18H29N3O3/c1-7-19-17(21-12-16(22)24-18(3,4)5)20-11-14-9-8-13(2)10-15(14)23-6/h8-10H,7,11-12H2,1-6H3,(H2,19,20,21). The van der Waals surface area contributed by atoms with Gasteiger partial charge in [0.05, 0.1) is 13.7 Å². The van der Waals surface area contributed by atoms with Gasteiger partial charge < -0.3 is 20.1 Å². The van der Waals surface area contributed by atoms with Gasteiger partial charge in [-0.2, -0.15) is 0 Å². The first kappa shape index (κ1) is 19.8. The number of rotatable bonds is 6. The van der Waals surface area contributed by atoms with Crippen LogP contribution in [0.2, 0.25) is 0 Å². The number of carbonyl (C=O) groups excluding carboxylic acids is 1. The van der Waals surface area contributed by atoms with Gasteiger partial charge in [-0.05, 0) is 46.2 Å². The summed E-state index contributed by atoms with van der Waals surface area (Å²) in [5.74, 6) is 1.05. The van der Waals surface area contributed by atoms with E-state index in [0.717, 1.165) is 16.9 Å². The number of esters is 1. The first-order valence-corrected chi connectivity index (χ1v) is 8.12. The minimum atomic E-state index is -0.497. The second-order valence-electron chi connectivity index (χ2n) is 6.45. The maximum absolute atomic E-state index is 11.8. The van der Waals surface area contributed by atoms with E-state index in [9.17, 15) is 4.79 Å². The van der Waals surface area contributed by atoms with Crippen LogP contribution >= 0.6 is 0 Å². The van der Waals surface area contributed by atoms with Crippen LogP contribution in [-0.2, 0) is 16.1 Å². The van der Waals surface area contributed by atoms with E-state index in [2.05, 4.69) is 15.6 Å². The zero-order chi connectivity index (χ0) is 18.2. The Hall–Kier alpha value is -2.24. The normalized spacial score (nSPS) is 11.8. The van der Waals surface area contributed by atoms with Crippen molar-refractivity contribution in [3.8, 4) is 5.75 Å². The number of nitrogens with one attached hydrogen (secondary N) is 2. The molecule has 0 saturated carbocycles. The van der Waals surface area contributed by atoms with Gasteiger partial charge in [0.25, 0.3) is 0 Å². The van der Waals surface area contributed by atoms with Crippen molar-refractivity contribution >= 4 is 11.9 Å². The van der Waals surface area contributed by atoms with Gasteiger partial charge in [0.2, 0.25) is 0 Å². The number of hydrogen-bond acceptors (Lipinski definition) is 4. The van der Waals surface area contributed by atoms with Gasteiger partial charge in [-0.3, -0.25) is 4.79 Å². The molecule has 0 saturated heterocycles. The number of carbonyl (C=O) groups is 1. The molecule has 0 bridgehead atoms. The third-order valence-corrected chi connectivity index (χ3v) is 3.01. The lowest BCUT2D eigenvalue weighted by molar-refractivity contribution is -0.153. The summed E-state index contributed by atoms with van der Waals surface area (Å²) >= 11 is 0. The highest BCUT2D eigenvalue weighted by molar-refractivity contribution is 5.84. The predicted molar refractivity (Wildman–Crippen MR) is 96.4 cm³/mol. The molecule has 6 nitrogen and oxygen atoms in total. The monoisotopic (exact) mass is 335 g/mol. The van der Waals surface area contributed by atoms with E-state index in [-0.39, 0.29) is 12.5 Å². The number of nitrogens with zero attached hydrogens (tertiary/aromatic N) is 1. The van der Waals surface area contributed by atoms with Crippen molar-refractivity contribution in [3.05, 3.63) is 29.3 Å². The van der Waals surface area contributed by atoms with Crippen molar-refractivity contribution in [2.24, 2.45) is 4.99 Å². The van der Waals surface area contributed by atoms with Crippen molar-refractivity contribution in [1.29, 1.82) is 0 Å². The summed E-state index contributed by atoms with van der Waals surface area (Å²) in [6.07, 6.45) is 0. The lowest BCUT2D eigenvalue weighted by atomic mass is 10.1. The van der Waals surface area contributed by atoms with Crippen molar-refractivity contribution in [2.75, 3.05) is 20.2 Å². The molecule has 0 amide bonds. The molecule has 0 radical (unpaired) electrons. The Kier molecular flexibility index (Phi) is 7.55. The zero-order valence-corrected chi connectivity index (χ0v) is 15.5. The first-order valence-electron chi connectivity index (χ1n) is 8.12. The zero-order valence-electron chi connectivity index (χ0n) is 15.5. The number of benzene rings is 1. The van der Waals surface area contributed by atoms with Crippen molar-refractivity contribution in [1.82, 2.24) is 10.6 Å². The Morgan fingerprint density at radius 3 is 2.54 bits per heavy atom. The Balaban J connectivity index is 2.71. The fourth-order valence-electron chi connectivity index (χ4n) is 2.02. The Labute approximate surface area is 144 Å². The molecule has 0 aliphatic heterocycles. The van der Waals surface area contributed by atoms with E-state index in [4.69, 9.17) is 9.47 Å².